The highest BCUT2D eigenvalue weighted by molar-refractivity contribution is 9.10. The van der Waals surface area contributed by atoms with E-state index in [1.165, 1.54) is 4.90 Å². The Morgan fingerprint density at radius 2 is 1.67 bits per heavy atom. The zero-order valence-electron chi connectivity index (χ0n) is 20.1. The van der Waals surface area contributed by atoms with E-state index in [1.54, 1.807) is 56.2 Å². The Balaban J connectivity index is 1.84. The molecule has 0 atom stereocenters. The van der Waals surface area contributed by atoms with Crippen LogP contribution in [0.3, 0.4) is 0 Å². The molecule has 0 unspecified atom stereocenters. The number of nitrogens with one attached hydrogen (secondary N) is 1. The Morgan fingerprint density at radius 3 is 2.28 bits per heavy atom. The molecule has 7 nitrogen and oxygen atoms in total. The van der Waals surface area contributed by atoms with E-state index >= 15 is 0 Å². The second kappa shape index (κ2) is 11.0. The maximum Gasteiger partial charge on any atom is 0.269 e. The number of amides is 2. The lowest BCUT2D eigenvalue weighted by Crippen LogP contribution is -2.34. The molecule has 0 spiro atoms. The number of ether oxygens (including phenoxy) is 1. The summed E-state index contributed by atoms with van der Waals surface area (Å²) in [6.07, 6.45) is 3.49. The van der Waals surface area contributed by atoms with Crippen molar-refractivity contribution in [2.24, 2.45) is 0 Å². The van der Waals surface area contributed by atoms with E-state index < -0.39 is 0 Å². The summed E-state index contributed by atoms with van der Waals surface area (Å²) in [5.74, 6) is -0.0215. The van der Waals surface area contributed by atoms with Crippen molar-refractivity contribution in [2.45, 2.75) is 0 Å². The van der Waals surface area contributed by atoms with Crippen molar-refractivity contribution >= 4 is 33.8 Å². The van der Waals surface area contributed by atoms with Crippen LogP contribution in [0.2, 0.25) is 0 Å². The number of halogens is 1. The SMILES string of the molecule is COc1ccc(-c2nn(-c3ccccc3)cc2/C=C(\NC(=O)c2ccccc2)C(=O)N(C)C)cc1Br. The zero-order chi connectivity index (χ0) is 25.7. The van der Waals surface area contributed by atoms with E-state index in [2.05, 4.69) is 21.2 Å². The molecule has 3 aromatic carbocycles. The largest absolute Gasteiger partial charge is 0.496 e. The van der Waals surface area contributed by atoms with E-state index in [0.717, 1.165) is 15.7 Å². The number of hydrogen-bond donors (Lipinski definition) is 1. The summed E-state index contributed by atoms with van der Waals surface area (Å²) in [7, 11) is 4.88. The Hall–Kier alpha value is -4.17. The van der Waals surface area contributed by atoms with Gasteiger partial charge in [-0.05, 0) is 64.5 Å². The van der Waals surface area contributed by atoms with Gasteiger partial charge in [0.15, 0.2) is 0 Å². The Kier molecular flexibility index (Phi) is 7.65. The fraction of sp³-hybridized carbons (Fsp3) is 0.107. The molecule has 1 aromatic heterocycles. The first-order valence-electron chi connectivity index (χ1n) is 11.2. The number of para-hydroxylation sites is 1. The van der Waals surface area contributed by atoms with E-state index in [4.69, 9.17) is 9.84 Å². The summed E-state index contributed by atoms with van der Waals surface area (Å²) in [6, 6.07) is 24.1. The van der Waals surface area contributed by atoms with Gasteiger partial charge < -0.3 is 15.0 Å². The topological polar surface area (TPSA) is 76.5 Å². The summed E-state index contributed by atoms with van der Waals surface area (Å²) < 4.78 is 7.88. The molecule has 0 saturated heterocycles. The number of methoxy groups -OCH3 is 1. The third kappa shape index (κ3) is 5.55. The van der Waals surface area contributed by atoms with Crippen LogP contribution in [0.5, 0.6) is 5.75 Å². The molecule has 1 N–H and O–H groups in total. The third-order valence-electron chi connectivity index (χ3n) is 5.41. The van der Waals surface area contributed by atoms with Crippen molar-refractivity contribution in [3.8, 4) is 22.7 Å². The molecule has 2 amide bonds. The standard InChI is InChI=1S/C28H25BrN4O3/c1-32(2)28(35)24(30-27(34)19-10-6-4-7-11-19)17-21-18-33(22-12-8-5-9-13-22)31-26(21)20-14-15-25(36-3)23(29)16-20/h4-18H,1-3H3,(H,30,34)/b24-17-. The molecular weight excluding hydrogens is 520 g/mol. The predicted octanol–water partition coefficient (Wildman–Crippen LogP) is 5.17. The lowest BCUT2D eigenvalue weighted by molar-refractivity contribution is -0.124. The molecule has 0 bridgehead atoms. The van der Waals surface area contributed by atoms with Gasteiger partial charge >= 0.3 is 0 Å². The number of rotatable bonds is 7. The molecule has 36 heavy (non-hydrogen) atoms. The van der Waals surface area contributed by atoms with Crippen LogP contribution in [0.1, 0.15) is 15.9 Å². The quantitative estimate of drug-likeness (QED) is 0.325. The maximum absolute atomic E-state index is 13.1. The summed E-state index contributed by atoms with van der Waals surface area (Å²) in [5, 5.41) is 7.60. The lowest BCUT2D eigenvalue weighted by Gasteiger charge is -2.15. The van der Waals surface area contributed by atoms with Crippen molar-refractivity contribution in [1.82, 2.24) is 20.0 Å². The molecular formula is C28H25BrN4O3. The maximum atomic E-state index is 13.1. The molecule has 0 aliphatic carbocycles. The monoisotopic (exact) mass is 544 g/mol. The number of carbonyl (C=O) groups excluding carboxylic acids is 2. The van der Waals surface area contributed by atoms with Gasteiger partial charge in [0, 0.05) is 37.0 Å². The minimum absolute atomic E-state index is 0.135. The normalized spacial score (nSPS) is 11.2. The summed E-state index contributed by atoms with van der Waals surface area (Å²) >= 11 is 3.54. The van der Waals surface area contributed by atoms with Gasteiger partial charge in [-0.15, -0.1) is 0 Å². The molecule has 1 heterocycles. The molecule has 0 aliphatic heterocycles. The summed E-state index contributed by atoms with van der Waals surface area (Å²) in [5.41, 5.74) is 3.56. The van der Waals surface area contributed by atoms with Gasteiger partial charge in [0.25, 0.3) is 11.8 Å². The minimum atomic E-state index is -0.374. The van der Waals surface area contributed by atoms with Gasteiger partial charge in [-0.2, -0.15) is 5.10 Å². The smallest absolute Gasteiger partial charge is 0.269 e. The molecule has 0 radical (unpaired) electrons. The zero-order valence-corrected chi connectivity index (χ0v) is 21.7. The van der Waals surface area contributed by atoms with Crippen LogP contribution in [-0.4, -0.2) is 47.7 Å². The molecule has 8 heteroatoms. The number of hydrogen-bond acceptors (Lipinski definition) is 4. The fourth-order valence-electron chi connectivity index (χ4n) is 3.58. The molecule has 0 saturated carbocycles. The molecule has 4 rings (SSSR count). The third-order valence-corrected chi connectivity index (χ3v) is 6.03. The van der Waals surface area contributed by atoms with Gasteiger partial charge in [0.2, 0.25) is 0 Å². The first-order valence-corrected chi connectivity index (χ1v) is 12.0. The van der Waals surface area contributed by atoms with Crippen LogP contribution in [-0.2, 0) is 4.79 Å². The number of benzene rings is 3. The first kappa shape index (κ1) is 24.9. The average Bonchev–Trinajstić information content (AvgIpc) is 3.32. The van der Waals surface area contributed by atoms with Gasteiger partial charge in [-0.1, -0.05) is 36.4 Å². The van der Waals surface area contributed by atoms with Crippen LogP contribution >= 0.6 is 15.9 Å². The Labute approximate surface area is 218 Å². The Morgan fingerprint density at radius 1 is 1.00 bits per heavy atom. The van der Waals surface area contributed by atoms with Crippen molar-refractivity contribution in [1.29, 1.82) is 0 Å². The number of nitrogens with zero attached hydrogens (tertiary/aromatic N) is 3. The van der Waals surface area contributed by atoms with Gasteiger partial charge in [-0.25, -0.2) is 4.68 Å². The molecule has 0 fully saturated rings. The Bertz CT molecular complexity index is 1410. The van der Waals surface area contributed by atoms with Crippen LogP contribution in [0.25, 0.3) is 23.0 Å². The average molecular weight is 545 g/mol. The van der Waals surface area contributed by atoms with Gasteiger partial charge in [0.1, 0.15) is 17.1 Å². The van der Waals surface area contributed by atoms with Crippen molar-refractivity contribution in [3.05, 3.63) is 106 Å². The number of carbonyl (C=O) groups is 2. The summed E-state index contributed by atoms with van der Waals surface area (Å²) in [4.78, 5) is 27.4. The van der Waals surface area contributed by atoms with Crippen LogP contribution in [0.4, 0.5) is 0 Å². The lowest BCUT2D eigenvalue weighted by atomic mass is 10.1. The van der Waals surface area contributed by atoms with E-state index in [1.807, 2.05) is 60.8 Å². The fourth-order valence-corrected chi connectivity index (χ4v) is 4.12. The predicted molar refractivity (Wildman–Crippen MR) is 144 cm³/mol. The molecule has 182 valence electrons. The van der Waals surface area contributed by atoms with E-state index in [9.17, 15) is 9.59 Å². The van der Waals surface area contributed by atoms with Gasteiger partial charge in [0.05, 0.1) is 17.3 Å². The van der Waals surface area contributed by atoms with Crippen LogP contribution < -0.4 is 10.1 Å². The van der Waals surface area contributed by atoms with Crippen LogP contribution in [0, 0.1) is 0 Å². The summed E-state index contributed by atoms with van der Waals surface area (Å²) in [6.45, 7) is 0. The molecule has 0 aliphatic rings. The highest BCUT2D eigenvalue weighted by Crippen LogP contribution is 2.32. The van der Waals surface area contributed by atoms with Crippen molar-refractivity contribution < 1.29 is 14.3 Å². The first-order chi connectivity index (χ1) is 17.4. The van der Waals surface area contributed by atoms with E-state index in [0.29, 0.717) is 22.6 Å². The van der Waals surface area contributed by atoms with Crippen molar-refractivity contribution in [2.75, 3.05) is 21.2 Å². The van der Waals surface area contributed by atoms with Crippen molar-refractivity contribution in [3.63, 3.8) is 0 Å². The highest BCUT2D eigenvalue weighted by atomic mass is 79.9. The number of aromatic nitrogens is 2. The highest BCUT2D eigenvalue weighted by Gasteiger charge is 2.19. The van der Waals surface area contributed by atoms with Crippen LogP contribution in [0.15, 0.2) is 95.2 Å². The number of likely N-dealkylation sites (N-methyl/N-ethyl adjacent to an activating group) is 1. The second-order valence-corrected chi connectivity index (χ2v) is 8.99. The van der Waals surface area contributed by atoms with Gasteiger partial charge in [-0.3, -0.25) is 9.59 Å². The minimum Gasteiger partial charge on any atom is -0.496 e. The van der Waals surface area contributed by atoms with E-state index in [-0.39, 0.29) is 17.5 Å². The molecule has 4 aromatic rings. The second-order valence-electron chi connectivity index (χ2n) is 8.14.